The molecular formula is C23H19N3OS. The number of benzene rings is 3. The maximum atomic E-state index is 12.8. The highest BCUT2D eigenvalue weighted by Gasteiger charge is 2.28. The molecule has 1 aliphatic heterocycles. The Hall–Kier alpha value is -3.05. The number of nitrogens with zero attached hydrogens (tertiary/aromatic N) is 2. The highest BCUT2D eigenvalue weighted by Crippen LogP contribution is 2.37. The molecule has 4 nitrogen and oxygen atoms in total. The van der Waals surface area contributed by atoms with E-state index >= 15 is 0 Å². The second-order valence-electron chi connectivity index (χ2n) is 6.92. The smallest absolute Gasteiger partial charge is 0.239 e. The standard InChI is InChI=1S/C23H19N3OS/c27-23(21-14-17-7-2-4-11-20(17)28-21)25-22-12-13-24-26(22)15-18-9-5-8-16-6-1-3-10-19(16)18/h1-13,21H,14-15H2,(H,25,27). The number of aromatic nitrogens is 2. The number of carbonyl (C=O) groups excluding carboxylic acids is 1. The van der Waals surface area contributed by atoms with E-state index in [1.807, 2.05) is 35.0 Å². The van der Waals surface area contributed by atoms with Gasteiger partial charge in [-0.25, -0.2) is 4.68 Å². The number of hydrogen-bond donors (Lipinski definition) is 1. The van der Waals surface area contributed by atoms with Crippen LogP contribution in [0, 0.1) is 0 Å². The highest BCUT2D eigenvalue weighted by atomic mass is 32.2. The normalized spacial score (nSPS) is 15.5. The molecule has 28 heavy (non-hydrogen) atoms. The average Bonchev–Trinajstić information content (AvgIpc) is 3.35. The van der Waals surface area contributed by atoms with E-state index in [9.17, 15) is 4.79 Å². The molecule has 0 spiro atoms. The van der Waals surface area contributed by atoms with Crippen LogP contribution >= 0.6 is 11.8 Å². The third-order valence-corrected chi connectivity index (χ3v) is 6.42. The summed E-state index contributed by atoms with van der Waals surface area (Å²) < 4.78 is 1.85. The Morgan fingerprint density at radius 1 is 1.04 bits per heavy atom. The Labute approximate surface area is 167 Å². The lowest BCUT2D eigenvalue weighted by Crippen LogP contribution is -2.26. The summed E-state index contributed by atoms with van der Waals surface area (Å²) in [4.78, 5) is 14.0. The molecule has 1 atom stereocenters. The fraction of sp³-hybridized carbons (Fsp3) is 0.130. The molecule has 2 heterocycles. The summed E-state index contributed by atoms with van der Waals surface area (Å²) in [7, 11) is 0. The summed E-state index contributed by atoms with van der Waals surface area (Å²) in [6, 6.07) is 24.7. The van der Waals surface area contributed by atoms with Crippen molar-refractivity contribution in [1.29, 1.82) is 0 Å². The molecule has 5 heteroatoms. The summed E-state index contributed by atoms with van der Waals surface area (Å²) in [5, 5.41) is 9.82. The minimum absolute atomic E-state index is 0.0286. The first-order valence-corrected chi connectivity index (χ1v) is 10.2. The molecule has 0 bridgehead atoms. The van der Waals surface area contributed by atoms with Crippen LogP contribution in [0.2, 0.25) is 0 Å². The molecule has 0 fully saturated rings. The average molecular weight is 385 g/mol. The zero-order valence-corrected chi connectivity index (χ0v) is 16.0. The van der Waals surface area contributed by atoms with Crippen LogP contribution in [0.15, 0.2) is 83.9 Å². The van der Waals surface area contributed by atoms with Crippen LogP contribution in [0.5, 0.6) is 0 Å². The Balaban J connectivity index is 1.35. The van der Waals surface area contributed by atoms with E-state index in [2.05, 4.69) is 52.9 Å². The number of thioether (sulfide) groups is 1. The highest BCUT2D eigenvalue weighted by molar-refractivity contribution is 8.01. The van der Waals surface area contributed by atoms with E-state index in [-0.39, 0.29) is 11.2 Å². The predicted octanol–water partition coefficient (Wildman–Crippen LogP) is 4.74. The topological polar surface area (TPSA) is 46.9 Å². The molecule has 0 saturated heterocycles. The van der Waals surface area contributed by atoms with Crippen LogP contribution in [0.1, 0.15) is 11.1 Å². The van der Waals surface area contributed by atoms with Gasteiger partial charge in [0.2, 0.25) is 5.91 Å². The monoisotopic (exact) mass is 385 g/mol. The zero-order valence-electron chi connectivity index (χ0n) is 15.2. The molecule has 1 aliphatic rings. The number of fused-ring (bicyclic) bond motifs is 2. The summed E-state index contributed by atoms with van der Waals surface area (Å²) in [5.74, 6) is 0.760. The Kier molecular flexibility index (Phi) is 4.37. The van der Waals surface area contributed by atoms with Crippen molar-refractivity contribution >= 4 is 34.3 Å². The van der Waals surface area contributed by atoms with Crippen LogP contribution in [0.25, 0.3) is 10.8 Å². The van der Waals surface area contributed by atoms with Gasteiger partial charge in [0.05, 0.1) is 18.0 Å². The van der Waals surface area contributed by atoms with Crippen molar-refractivity contribution in [3.05, 3.63) is 90.1 Å². The lowest BCUT2D eigenvalue weighted by molar-refractivity contribution is -0.115. The van der Waals surface area contributed by atoms with Crippen LogP contribution < -0.4 is 5.32 Å². The number of anilines is 1. The van der Waals surface area contributed by atoms with Crippen molar-refractivity contribution < 1.29 is 4.79 Å². The Morgan fingerprint density at radius 3 is 2.79 bits per heavy atom. The summed E-state index contributed by atoms with van der Waals surface area (Å²) >= 11 is 1.64. The second kappa shape index (κ2) is 7.17. The number of hydrogen-bond acceptors (Lipinski definition) is 3. The van der Waals surface area contributed by atoms with Gasteiger partial charge in [0.25, 0.3) is 0 Å². The van der Waals surface area contributed by atoms with Gasteiger partial charge in [-0.05, 0) is 34.4 Å². The van der Waals surface area contributed by atoms with Gasteiger partial charge in [-0.15, -0.1) is 11.8 Å². The van der Waals surface area contributed by atoms with Gasteiger partial charge in [-0.1, -0.05) is 60.7 Å². The van der Waals surface area contributed by atoms with Crippen LogP contribution in [0.3, 0.4) is 0 Å². The first kappa shape index (κ1) is 17.1. The first-order valence-electron chi connectivity index (χ1n) is 9.32. The van der Waals surface area contributed by atoms with E-state index < -0.39 is 0 Å². The molecule has 1 N–H and O–H groups in total. The molecule has 3 aromatic carbocycles. The Bertz CT molecular complexity index is 1140. The fourth-order valence-electron chi connectivity index (χ4n) is 3.69. The van der Waals surface area contributed by atoms with Crippen LogP contribution in [-0.2, 0) is 17.8 Å². The molecule has 5 rings (SSSR count). The Morgan fingerprint density at radius 2 is 1.86 bits per heavy atom. The third-order valence-electron chi connectivity index (χ3n) is 5.11. The van der Waals surface area contributed by atoms with E-state index in [0.717, 1.165) is 12.2 Å². The van der Waals surface area contributed by atoms with Crippen molar-refractivity contribution in [2.75, 3.05) is 5.32 Å². The van der Waals surface area contributed by atoms with E-state index in [4.69, 9.17) is 0 Å². The molecule has 1 unspecified atom stereocenters. The van der Waals surface area contributed by atoms with Crippen molar-refractivity contribution in [2.24, 2.45) is 0 Å². The van der Waals surface area contributed by atoms with Crippen molar-refractivity contribution in [1.82, 2.24) is 9.78 Å². The molecule has 0 radical (unpaired) electrons. The first-order chi connectivity index (χ1) is 13.8. The predicted molar refractivity (Wildman–Crippen MR) is 114 cm³/mol. The van der Waals surface area contributed by atoms with Crippen LogP contribution in [-0.4, -0.2) is 20.9 Å². The maximum absolute atomic E-state index is 12.8. The second-order valence-corrected chi connectivity index (χ2v) is 8.16. The fourth-order valence-corrected chi connectivity index (χ4v) is 4.89. The minimum Gasteiger partial charge on any atom is -0.310 e. The molecule has 0 aliphatic carbocycles. The van der Waals surface area contributed by atoms with E-state index in [1.165, 1.54) is 26.8 Å². The van der Waals surface area contributed by atoms with Crippen molar-refractivity contribution in [2.45, 2.75) is 23.1 Å². The number of carbonyl (C=O) groups is 1. The number of nitrogens with one attached hydrogen (secondary N) is 1. The quantitative estimate of drug-likeness (QED) is 0.552. The van der Waals surface area contributed by atoms with Crippen molar-refractivity contribution in [3.63, 3.8) is 0 Å². The van der Waals surface area contributed by atoms with E-state index in [1.54, 1.807) is 18.0 Å². The molecular weight excluding hydrogens is 366 g/mol. The lowest BCUT2D eigenvalue weighted by Gasteiger charge is -2.13. The van der Waals surface area contributed by atoms with Gasteiger partial charge in [0, 0.05) is 11.0 Å². The van der Waals surface area contributed by atoms with Gasteiger partial charge in [0.1, 0.15) is 5.82 Å². The largest absolute Gasteiger partial charge is 0.310 e. The van der Waals surface area contributed by atoms with Crippen molar-refractivity contribution in [3.8, 4) is 0 Å². The molecule has 1 aromatic heterocycles. The lowest BCUT2D eigenvalue weighted by atomic mass is 10.0. The van der Waals surface area contributed by atoms with E-state index in [0.29, 0.717) is 6.54 Å². The molecule has 0 saturated carbocycles. The minimum atomic E-state index is -0.0988. The van der Waals surface area contributed by atoms with Gasteiger partial charge in [-0.2, -0.15) is 5.10 Å². The number of rotatable bonds is 4. The SMILES string of the molecule is O=C(Nc1ccnn1Cc1cccc2ccccc12)C1Cc2ccccc2S1. The third kappa shape index (κ3) is 3.18. The number of amides is 1. The zero-order chi connectivity index (χ0) is 18.9. The summed E-state index contributed by atoms with van der Waals surface area (Å²) in [6.45, 7) is 0.613. The summed E-state index contributed by atoms with van der Waals surface area (Å²) in [6.07, 6.45) is 2.50. The molecule has 138 valence electrons. The van der Waals surface area contributed by atoms with Gasteiger partial charge in [0.15, 0.2) is 0 Å². The van der Waals surface area contributed by atoms with Gasteiger partial charge < -0.3 is 5.32 Å². The molecule has 1 amide bonds. The maximum Gasteiger partial charge on any atom is 0.239 e. The van der Waals surface area contributed by atoms with Crippen LogP contribution in [0.4, 0.5) is 5.82 Å². The molecule has 4 aromatic rings. The summed E-state index contributed by atoms with van der Waals surface area (Å²) in [5.41, 5.74) is 2.43. The van der Waals surface area contributed by atoms with Gasteiger partial charge in [-0.3, -0.25) is 4.79 Å². The van der Waals surface area contributed by atoms with Gasteiger partial charge >= 0.3 is 0 Å².